The van der Waals surface area contributed by atoms with E-state index in [2.05, 4.69) is 58.7 Å². The normalized spacial score (nSPS) is 11.9. The number of nitrogens with one attached hydrogen (secondary N) is 1. The van der Waals surface area contributed by atoms with Gasteiger partial charge in [-0.2, -0.15) is 0 Å². The van der Waals surface area contributed by atoms with Crippen LogP contribution in [-0.4, -0.2) is 9.55 Å². The van der Waals surface area contributed by atoms with Crippen molar-refractivity contribution in [2.75, 3.05) is 0 Å². The highest BCUT2D eigenvalue weighted by atomic mass is 16.1. The van der Waals surface area contributed by atoms with Gasteiger partial charge in [-0.25, -0.2) is 4.79 Å². The Kier molecular flexibility index (Phi) is 4.64. The fourth-order valence-electron chi connectivity index (χ4n) is 2.87. The quantitative estimate of drug-likeness (QED) is 0.891. The van der Waals surface area contributed by atoms with Gasteiger partial charge in [-0.1, -0.05) is 46.2 Å². The molecule has 0 saturated heterocycles. The summed E-state index contributed by atoms with van der Waals surface area (Å²) in [6.07, 6.45) is 5.12. The molecule has 3 heteroatoms. The number of hydrogen-bond donors (Lipinski definition) is 1. The third-order valence-corrected chi connectivity index (χ3v) is 4.17. The molecule has 0 unspecified atom stereocenters. The molecule has 0 radical (unpaired) electrons. The summed E-state index contributed by atoms with van der Waals surface area (Å²) in [7, 11) is 0. The number of imidazole rings is 1. The Hall–Kier alpha value is -1.77. The molecule has 0 saturated carbocycles. The third kappa shape index (κ3) is 3.34. The molecule has 0 aliphatic heterocycles. The van der Waals surface area contributed by atoms with E-state index in [-0.39, 0.29) is 11.1 Å². The van der Waals surface area contributed by atoms with Gasteiger partial charge in [0.1, 0.15) is 0 Å². The van der Waals surface area contributed by atoms with Gasteiger partial charge in [-0.3, -0.25) is 4.57 Å². The van der Waals surface area contributed by atoms with Gasteiger partial charge in [-0.15, -0.1) is 0 Å². The second-order valence-electron chi connectivity index (χ2n) is 7.27. The van der Waals surface area contributed by atoms with E-state index in [1.165, 1.54) is 5.56 Å². The standard InChI is InChI=1S/C19H28N2O/c1-7-8-9-16-12-21(18(22)20-16)17-13(2)10-15(11-14(17)3)19(4,5)6/h10-12H,7-9H2,1-6H3,(H,20,22). The Bertz CT molecular complexity index is 691. The Balaban J connectivity index is 2.50. The van der Waals surface area contributed by atoms with Crippen molar-refractivity contribution in [1.82, 2.24) is 9.55 Å². The first-order chi connectivity index (χ1) is 10.2. The van der Waals surface area contributed by atoms with Crippen LogP contribution in [0.3, 0.4) is 0 Å². The fourth-order valence-corrected chi connectivity index (χ4v) is 2.87. The maximum atomic E-state index is 12.3. The molecule has 0 aliphatic rings. The molecular weight excluding hydrogens is 272 g/mol. The molecule has 2 rings (SSSR count). The van der Waals surface area contributed by atoms with E-state index >= 15 is 0 Å². The minimum atomic E-state index is -0.0409. The molecule has 0 aliphatic carbocycles. The Morgan fingerprint density at radius 3 is 2.23 bits per heavy atom. The van der Waals surface area contributed by atoms with E-state index in [0.717, 1.165) is 41.8 Å². The number of benzene rings is 1. The van der Waals surface area contributed by atoms with Gasteiger partial charge in [0.05, 0.1) is 5.69 Å². The molecule has 3 nitrogen and oxygen atoms in total. The molecule has 1 N–H and O–H groups in total. The zero-order valence-electron chi connectivity index (χ0n) is 14.7. The summed E-state index contributed by atoms with van der Waals surface area (Å²) < 4.78 is 1.77. The van der Waals surface area contributed by atoms with Crippen molar-refractivity contribution >= 4 is 0 Å². The summed E-state index contributed by atoms with van der Waals surface area (Å²) in [5.74, 6) is 0. The third-order valence-electron chi connectivity index (χ3n) is 4.17. The first kappa shape index (κ1) is 16.6. The van der Waals surface area contributed by atoms with Crippen molar-refractivity contribution in [1.29, 1.82) is 0 Å². The highest BCUT2D eigenvalue weighted by Gasteiger charge is 2.18. The van der Waals surface area contributed by atoms with E-state index in [4.69, 9.17) is 0 Å². The summed E-state index contributed by atoms with van der Waals surface area (Å²) in [6.45, 7) is 13.0. The van der Waals surface area contributed by atoms with E-state index in [0.29, 0.717) is 0 Å². The lowest BCUT2D eigenvalue weighted by Gasteiger charge is -2.22. The molecule has 0 atom stereocenters. The predicted octanol–water partition coefficient (Wildman–Crippen LogP) is 4.42. The predicted molar refractivity (Wildman–Crippen MR) is 93.2 cm³/mol. The van der Waals surface area contributed by atoms with Crippen LogP contribution < -0.4 is 5.69 Å². The van der Waals surface area contributed by atoms with Gasteiger partial charge < -0.3 is 4.98 Å². The maximum Gasteiger partial charge on any atom is 0.330 e. The average Bonchev–Trinajstić information content (AvgIpc) is 2.76. The molecule has 0 bridgehead atoms. The van der Waals surface area contributed by atoms with Crippen LogP contribution in [0.15, 0.2) is 23.1 Å². The number of rotatable bonds is 4. The van der Waals surface area contributed by atoms with Crippen molar-refractivity contribution in [2.24, 2.45) is 0 Å². The Labute approximate surface area is 133 Å². The molecule has 0 amide bonds. The van der Waals surface area contributed by atoms with Crippen molar-refractivity contribution in [3.8, 4) is 5.69 Å². The summed E-state index contributed by atoms with van der Waals surface area (Å²) in [6, 6.07) is 4.40. The Morgan fingerprint density at radius 2 is 1.73 bits per heavy atom. The van der Waals surface area contributed by atoms with Crippen LogP contribution in [0.25, 0.3) is 5.69 Å². The maximum absolute atomic E-state index is 12.3. The number of hydrogen-bond acceptors (Lipinski definition) is 1. The molecule has 1 heterocycles. The van der Waals surface area contributed by atoms with Crippen LogP contribution in [0.4, 0.5) is 0 Å². The van der Waals surface area contributed by atoms with Crippen molar-refractivity contribution in [3.63, 3.8) is 0 Å². The van der Waals surface area contributed by atoms with Gasteiger partial charge in [0.15, 0.2) is 0 Å². The number of aromatic amines is 1. The number of nitrogens with zero attached hydrogens (tertiary/aromatic N) is 1. The van der Waals surface area contributed by atoms with Gasteiger partial charge in [0.25, 0.3) is 0 Å². The highest BCUT2D eigenvalue weighted by Crippen LogP contribution is 2.28. The first-order valence-corrected chi connectivity index (χ1v) is 8.16. The molecule has 1 aromatic carbocycles. The van der Waals surface area contributed by atoms with Crippen LogP contribution in [0.1, 0.15) is 62.9 Å². The monoisotopic (exact) mass is 300 g/mol. The zero-order valence-corrected chi connectivity index (χ0v) is 14.7. The second-order valence-corrected chi connectivity index (χ2v) is 7.27. The lowest BCUT2D eigenvalue weighted by molar-refractivity contribution is 0.589. The summed E-state index contributed by atoms with van der Waals surface area (Å²) in [5, 5.41) is 0. The number of aryl methyl sites for hydroxylation is 3. The minimum absolute atomic E-state index is 0.0409. The van der Waals surface area contributed by atoms with Crippen LogP contribution in [0.5, 0.6) is 0 Å². The number of unbranched alkanes of at least 4 members (excludes halogenated alkanes) is 1. The second kappa shape index (κ2) is 6.15. The molecular formula is C19H28N2O. The Morgan fingerprint density at radius 1 is 1.14 bits per heavy atom. The van der Waals surface area contributed by atoms with E-state index in [1.807, 2.05) is 6.20 Å². The van der Waals surface area contributed by atoms with E-state index in [1.54, 1.807) is 4.57 Å². The van der Waals surface area contributed by atoms with E-state index < -0.39 is 0 Å². The van der Waals surface area contributed by atoms with Crippen LogP contribution in [0, 0.1) is 13.8 Å². The lowest BCUT2D eigenvalue weighted by Crippen LogP contribution is -2.18. The van der Waals surface area contributed by atoms with Gasteiger partial charge in [0.2, 0.25) is 0 Å². The van der Waals surface area contributed by atoms with Crippen LogP contribution >= 0.6 is 0 Å². The van der Waals surface area contributed by atoms with Crippen LogP contribution in [-0.2, 0) is 11.8 Å². The topological polar surface area (TPSA) is 37.8 Å². The number of aromatic nitrogens is 2. The summed E-state index contributed by atoms with van der Waals surface area (Å²) in [5.41, 5.74) is 5.70. The van der Waals surface area contributed by atoms with Crippen molar-refractivity contribution in [2.45, 2.75) is 66.2 Å². The lowest BCUT2D eigenvalue weighted by atomic mass is 9.85. The molecule has 0 spiro atoms. The van der Waals surface area contributed by atoms with Crippen molar-refractivity contribution < 1.29 is 0 Å². The molecule has 22 heavy (non-hydrogen) atoms. The van der Waals surface area contributed by atoms with Gasteiger partial charge >= 0.3 is 5.69 Å². The molecule has 2 aromatic rings. The van der Waals surface area contributed by atoms with Crippen molar-refractivity contribution in [3.05, 3.63) is 51.2 Å². The molecule has 0 fully saturated rings. The van der Waals surface area contributed by atoms with Gasteiger partial charge in [-0.05, 0) is 48.8 Å². The zero-order chi connectivity index (χ0) is 16.5. The SMILES string of the molecule is CCCCc1cn(-c2c(C)cc(C(C)(C)C)cc2C)c(=O)[nH]1. The molecule has 1 aromatic heterocycles. The smallest absolute Gasteiger partial charge is 0.310 e. The first-order valence-electron chi connectivity index (χ1n) is 8.16. The fraction of sp³-hybridized carbons (Fsp3) is 0.526. The summed E-state index contributed by atoms with van der Waals surface area (Å²) >= 11 is 0. The largest absolute Gasteiger partial charge is 0.330 e. The highest BCUT2D eigenvalue weighted by molar-refractivity contribution is 5.50. The molecule has 120 valence electrons. The van der Waals surface area contributed by atoms with Crippen LogP contribution in [0.2, 0.25) is 0 Å². The van der Waals surface area contributed by atoms with E-state index in [9.17, 15) is 4.79 Å². The minimum Gasteiger partial charge on any atom is -0.310 e. The number of H-pyrrole nitrogens is 1. The average molecular weight is 300 g/mol. The van der Waals surface area contributed by atoms with Gasteiger partial charge in [0, 0.05) is 11.9 Å². The summed E-state index contributed by atoms with van der Waals surface area (Å²) in [4.78, 5) is 15.3.